The van der Waals surface area contributed by atoms with Crippen molar-refractivity contribution in [3.8, 4) is 0 Å². The van der Waals surface area contributed by atoms with Gasteiger partial charge in [0.15, 0.2) is 5.82 Å². The molecule has 2 bridgehead atoms. The molecule has 13 heteroatoms. The molecular formula is C23H23BrN9O2S-. The molecule has 0 spiro atoms. The molecule has 5 N–H and O–H groups in total. The van der Waals surface area contributed by atoms with Crippen LogP contribution in [0.15, 0.2) is 53.1 Å². The van der Waals surface area contributed by atoms with E-state index >= 15 is 0 Å². The van der Waals surface area contributed by atoms with Gasteiger partial charge in [-0.3, -0.25) is 9.31 Å². The van der Waals surface area contributed by atoms with Crippen molar-refractivity contribution in [1.29, 1.82) is 0 Å². The number of rotatable bonds is 8. The van der Waals surface area contributed by atoms with Gasteiger partial charge in [-0.15, -0.1) is 0 Å². The highest BCUT2D eigenvalue weighted by atomic mass is 79.9. The predicted molar refractivity (Wildman–Crippen MR) is 142 cm³/mol. The van der Waals surface area contributed by atoms with Gasteiger partial charge >= 0.3 is 0 Å². The van der Waals surface area contributed by atoms with Gasteiger partial charge in [-0.1, -0.05) is 18.2 Å². The van der Waals surface area contributed by atoms with E-state index in [1.807, 2.05) is 36.4 Å². The number of nitrogens with zero attached hydrogens (tertiary/aromatic N) is 4. The summed E-state index contributed by atoms with van der Waals surface area (Å²) in [6.07, 6.45) is 2.83. The van der Waals surface area contributed by atoms with Gasteiger partial charge in [-0.25, -0.2) is 9.71 Å². The number of piperazine rings is 1. The predicted octanol–water partition coefficient (Wildman–Crippen LogP) is 3.04. The number of benzene rings is 2. The van der Waals surface area contributed by atoms with Crippen molar-refractivity contribution in [3.05, 3.63) is 58.7 Å². The fourth-order valence-electron chi connectivity index (χ4n) is 4.83. The van der Waals surface area contributed by atoms with Crippen LogP contribution in [-0.2, 0) is 17.8 Å². The van der Waals surface area contributed by atoms with E-state index < -0.39 is 11.3 Å². The van der Waals surface area contributed by atoms with Crippen LogP contribution in [0.25, 0.3) is 10.9 Å². The molecule has 6 rings (SSSR count). The first kappa shape index (κ1) is 23.3. The van der Waals surface area contributed by atoms with Crippen molar-refractivity contribution in [2.24, 2.45) is 0 Å². The van der Waals surface area contributed by atoms with Gasteiger partial charge < -0.3 is 25.4 Å². The highest BCUT2D eigenvalue weighted by Gasteiger charge is 2.39. The van der Waals surface area contributed by atoms with Crippen LogP contribution < -0.4 is 25.6 Å². The Labute approximate surface area is 218 Å². The van der Waals surface area contributed by atoms with Crippen molar-refractivity contribution >= 4 is 67.1 Å². The monoisotopic (exact) mass is 568 g/mol. The molecule has 3 unspecified atom stereocenters. The molecule has 4 heterocycles. The van der Waals surface area contributed by atoms with Crippen LogP contribution >= 0.6 is 15.9 Å². The van der Waals surface area contributed by atoms with E-state index in [0.29, 0.717) is 28.3 Å². The summed E-state index contributed by atoms with van der Waals surface area (Å²) >= 11 is 1.14. The van der Waals surface area contributed by atoms with E-state index in [-0.39, 0.29) is 6.54 Å². The third-order valence-corrected chi connectivity index (χ3v) is 7.48. The van der Waals surface area contributed by atoms with Crippen LogP contribution in [0, 0.1) is 0 Å². The van der Waals surface area contributed by atoms with Gasteiger partial charge in [-0.05, 0) is 52.2 Å². The van der Waals surface area contributed by atoms with E-state index in [9.17, 15) is 8.76 Å². The molecule has 2 aliphatic heterocycles. The summed E-state index contributed by atoms with van der Waals surface area (Å²) in [5.41, 5.74) is 3.29. The Morgan fingerprint density at radius 1 is 1.22 bits per heavy atom. The third kappa shape index (κ3) is 4.67. The lowest BCUT2D eigenvalue weighted by Gasteiger charge is -2.27. The van der Waals surface area contributed by atoms with Gasteiger partial charge in [0, 0.05) is 65.9 Å². The fourth-order valence-corrected chi connectivity index (χ4v) is 5.39. The van der Waals surface area contributed by atoms with Gasteiger partial charge in [0.25, 0.3) is 0 Å². The Hall–Kier alpha value is -3.10. The van der Waals surface area contributed by atoms with Crippen molar-refractivity contribution in [2.75, 3.05) is 28.6 Å². The summed E-state index contributed by atoms with van der Waals surface area (Å²) in [4.78, 5) is 11.4. The second kappa shape index (κ2) is 9.75. The molecule has 4 aromatic rings. The number of H-pyrrole nitrogens is 1. The molecule has 186 valence electrons. The average molecular weight is 569 g/mol. The van der Waals surface area contributed by atoms with Crippen LogP contribution in [0.5, 0.6) is 0 Å². The van der Waals surface area contributed by atoms with Crippen LogP contribution in [0.1, 0.15) is 12.0 Å². The first-order valence-corrected chi connectivity index (χ1v) is 13.4. The van der Waals surface area contributed by atoms with Crippen LogP contribution in [0.4, 0.5) is 29.0 Å². The molecule has 0 aliphatic carbocycles. The minimum Gasteiger partial charge on any atom is -0.760 e. The molecule has 0 radical (unpaired) electrons. The smallest absolute Gasteiger partial charge is 0.229 e. The number of aromatic nitrogens is 4. The van der Waals surface area contributed by atoms with Crippen LogP contribution in [0.2, 0.25) is 0 Å². The molecule has 11 nitrogen and oxygen atoms in total. The van der Waals surface area contributed by atoms with Gasteiger partial charge in [-0.2, -0.15) is 10.1 Å². The number of para-hydroxylation sites is 1. The summed E-state index contributed by atoms with van der Waals surface area (Å²) in [5, 5.41) is 18.9. The summed E-state index contributed by atoms with van der Waals surface area (Å²) in [7, 11) is 0. The van der Waals surface area contributed by atoms with Crippen LogP contribution in [-0.4, -0.2) is 54.1 Å². The minimum absolute atomic E-state index is 0.161. The van der Waals surface area contributed by atoms with Gasteiger partial charge in [0.05, 0.1) is 9.99 Å². The first-order chi connectivity index (χ1) is 17.5. The Balaban J connectivity index is 1.21. The number of nitrogens with one attached hydrogen (secondary N) is 5. The SMILES string of the molecule is O=S([O-])NCc1ccccc1Nc1nc(Nc2ccc3c(N4CC5CC4CN5)n[nH]c3c2)ncc1Br. The molecule has 2 aliphatic rings. The maximum atomic E-state index is 10.9. The topological polar surface area (TPSA) is 146 Å². The maximum Gasteiger partial charge on any atom is 0.229 e. The Morgan fingerprint density at radius 3 is 2.92 bits per heavy atom. The van der Waals surface area contributed by atoms with E-state index in [1.165, 1.54) is 6.42 Å². The Kier molecular flexibility index (Phi) is 6.31. The zero-order valence-corrected chi connectivity index (χ0v) is 21.4. The number of fused-ring (bicyclic) bond motifs is 3. The lowest BCUT2D eigenvalue weighted by Crippen LogP contribution is -2.43. The molecule has 3 atom stereocenters. The molecular weight excluding hydrogens is 546 g/mol. The molecule has 0 amide bonds. The fraction of sp³-hybridized carbons (Fsp3) is 0.261. The molecule has 2 saturated heterocycles. The van der Waals surface area contributed by atoms with Gasteiger partial charge in [0.1, 0.15) is 5.82 Å². The number of aromatic amines is 1. The number of halogens is 1. The summed E-state index contributed by atoms with van der Waals surface area (Å²) in [6, 6.07) is 14.5. The summed E-state index contributed by atoms with van der Waals surface area (Å²) in [5.74, 6) is 1.97. The zero-order chi connectivity index (χ0) is 24.6. The summed E-state index contributed by atoms with van der Waals surface area (Å²) in [6.45, 7) is 2.16. The standard InChI is InChI=1S/C23H24BrN9O2S/c24-18-11-26-23(30-21(18)29-19-4-2-1-3-13(19)9-27-36(34)35)28-14-5-6-17-20(8-14)31-32-22(17)33-12-15-7-16(33)10-25-15/h1-6,8,11,15-16,25,27H,7,9-10,12H2,(H,31,32)(H,34,35)(H2,26,28,29,30)/p-1. The minimum atomic E-state index is -2.35. The Bertz CT molecular complexity index is 1450. The summed E-state index contributed by atoms with van der Waals surface area (Å²) < 4.78 is 24.9. The number of hydrogen-bond acceptors (Lipinski definition) is 9. The third-order valence-electron chi connectivity index (χ3n) is 6.52. The van der Waals surface area contributed by atoms with E-state index in [1.54, 1.807) is 6.20 Å². The molecule has 2 fully saturated rings. The van der Waals surface area contributed by atoms with E-state index in [2.05, 4.69) is 67.7 Å². The second-order valence-corrected chi connectivity index (χ2v) is 10.4. The van der Waals surface area contributed by atoms with Gasteiger partial charge in [0.2, 0.25) is 5.95 Å². The maximum absolute atomic E-state index is 10.9. The Morgan fingerprint density at radius 2 is 2.11 bits per heavy atom. The zero-order valence-electron chi connectivity index (χ0n) is 19.0. The van der Waals surface area contributed by atoms with Crippen LogP contribution in [0.3, 0.4) is 0 Å². The largest absolute Gasteiger partial charge is 0.760 e. The van der Waals surface area contributed by atoms with Crippen molar-refractivity contribution < 1.29 is 8.76 Å². The van der Waals surface area contributed by atoms with E-state index in [0.717, 1.165) is 46.7 Å². The lowest BCUT2D eigenvalue weighted by molar-refractivity contribution is 0.522. The van der Waals surface area contributed by atoms with E-state index in [4.69, 9.17) is 0 Å². The average Bonchev–Trinajstić information content (AvgIpc) is 3.61. The lowest BCUT2D eigenvalue weighted by atomic mass is 10.2. The molecule has 2 aromatic carbocycles. The van der Waals surface area contributed by atoms with Crippen molar-refractivity contribution in [3.63, 3.8) is 0 Å². The molecule has 0 saturated carbocycles. The van der Waals surface area contributed by atoms with Crippen molar-refractivity contribution in [2.45, 2.75) is 25.0 Å². The normalized spacial score (nSPS) is 19.7. The second-order valence-electron chi connectivity index (χ2n) is 8.81. The quantitative estimate of drug-likeness (QED) is 0.202. The number of anilines is 5. The molecule has 2 aromatic heterocycles. The number of hydrogen-bond donors (Lipinski definition) is 5. The highest BCUT2D eigenvalue weighted by Crippen LogP contribution is 2.34. The van der Waals surface area contributed by atoms with Crippen molar-refractivity contribution in [1.82, 2.24) is 30.2 Å². The molecule has 36 heavy (non-hydrogen) atoms. The highest BCUT2D eigenvalue weighted by molar-refractivity contribution is 9.10. The first-order valence-electron chi connectivity index (χ1n) is 11.5.